The molecule has 0 heterocycles. The lowest BCUT2D eigenvalue weighted by atomic mass is 10.2. The van der Waals surface area contributed by atoms with Gasteiger partial charge in [0.05, 0.1) is 0 Å². The first kappa shape index (κ1) is 14.7. The molecule has 3 heteroatoms. The Bertz CT molecular complexity index is 540. The summed E-state index contributed by atoms with van der Waals surface area (Å²) in [6.45, 7) is 7.13. The smallest absolute Gasteiger partial charge is 0.0426 e. The van der Waals surface area contributed by atoms with E-state index in [2.05, 4.69) is 48.3 Å². The fourth-order valence-electron chi connectivity index (χ4n) is 2.22. The van der Waals surface area contributed by atoms with Gasteiger partial charge in [-0.05, 0) is 43.7 Å². The first-order valence-electron chi connectivity index (χ1n) is 7.00. The number of aryl methyl sites for hydroxylation is 1. The van der Waals surface area contributed by atoms with E-state index in [0.717, 1.165) is 30.3 Å². The van der Waals surface area contributed by atoms with Gasteiger partial charge in [0.15, 0.2) is 0 Å². The highest BCUT2D eigenvalue weighted by Gasteiger charge is 2.04. The lowest BCUT2D eigenvalue weighted by molar-refractivity contribution is 0.835. The average Bonchev–Trinajstić information content (AvgIpc) is 2.48. The third kappa shape index (κ3) is 3.91. The van der Waals surface area contributed by atoms with Gasteiger partial charge in [-0.3, -0.25) is 0 Å². The van der Waals surface area contributed by atoms with E-state index in [0.29, 0.717) is 0 Å². The van der Waals surface area contributed by atoms with E-state index in [1.807, 2.05) is 24.3 Å². The molecule has 0 aliphatic carbocycles. The number of anilines is 2. The number of nitrogens with one attached hydrogen (secondary N) is 1. The quantitative estimate of drug-likeness (QED) is 0.836. The molecule has 2 rings (SSSR count). The molecule has 0 aliphatic rings. The first-order valence-corrected chi connectivity index (χ1v) is 7.38. The summed E-state index contributed by atoms with van der Waals surface area (Å²) < 4.78 is 0. The number of hydrogen-bond donors (Lipinski definition) is 1. The lowest BCUT2D eigenvalue weighted by Gasteiger charge is -2.23. The Kier molecular flexibility index (Phi) is 5.31. The minimum atomic E-state index is 0.772. The van der Waals surface area contributed by atoms with E-state index >= 15 is 0 Å². The molecule has 2 aromatic rings. The van der Waals surface area contributed by atoms with Gasteiger partial charge in [0, 0.05) is 36.0 Å². The number of halogens is 1. The van der Waals surface area contributed by atoms with Gasteiger partial charge >= 0.3 is 0 Å². The summed E-state index contributed by atoms with van der Waals surface area (Å²) in [5.41, 5.74) is 3.60. The third-order valence-electron chi connectivity index (χ3n) is 3.40. The van der Waals surface area contributed by atoms with Crippen molar-refractivity contribution in [1.29, 1.82) is 0 Å². The van der Waals surface area contributed by atoms with E-state index in [1.54, 1.807) is 0 Å². The van der Waals surface area contributed by atoms with Crippen LogP contribution in [0.25, 0.3) is 0 Å². The summed E-state index contributed by atoms with van der Waals surface area (Å²) in [5, 5.41) is 4.23. The zero-order valence-electron chi connectivity index (χ0n) is 12.1. The molecule has 0 amide bonds. The number of benzene rings is 2. The standard InChI is InChI=1S/C17H21ClN2/c1-3-20(16-7-5-4-6-8-16)12-11-19-17-13-15(18)10-9-14(17)2/h4-10,13,19H,3,11-12H2,1-2H3. The molecule has 0 spiro atoms. The number of para-hydroxylation sites is 1. The minimum absolute atomic E-state index is 0.772. The predicted octanol–water partition coefficient (Wildman–Crippen LogP) is 4.59. The van der Waals surface area contributed by atoms with Crippen molar-refractivity contribution in [3.8, 4) is 0 Å². The maximum absolute atomic E-state index is 6.03. The molecule has 106 valence electrons. The molecule has 0 bridgehead atoms. The summed E-state index contributed by atoms with van der Waals surface area (Å²) in [6, 6.07) is 16.4. The Morgan fingerprint density at radius 3 is 2.55 bits per heavy atom. The van der Waals surface area contributed by atoms with Crippen molar-refractivity contribution in [1.82, 2.24) is 0 Å². The lowest BCUT2D eigenvalue weighted by Crippen LogP contribution is -2.28. The van der Waals surface area contributed by atoms with Crippen LogP contribution < -0.4 is 10.2 Å². The molecular formula is C17H21ClN2. The number of hydrogen-bond acceptors (Lipinski definition) is 2. The topological polar surface area (TPSA) is 15.3 Å². The molecule has 2 nitrogen and oxygen atoms in total. The van der Waals surface area contributed by atoms with Gasteiger partial charge in [-0.2, -0.15) is 0 Å². The summed E-state index contributed by atoms with van der Waals surface area (Å²) in [7, 11) is 0. The maximum atomic E-state index is 6.03. The highest BCUT2D eigenvalue weighted by Crippen LogP contribution is 2.20. The van der Waals surface area contributed by atoms with Crippen LogP contribution >= 0.6 is 11.6 Å². The zero-order valence-corrected chi connectivity index (χ0v) is 12.8. The van der Waals surface area contributed by atoms with E-state index in [-0.39, 0.29) is 0 Å². The molecule has 0 saturated heterocycles. The molecule has 0 aromatic heterocycles. The van der Waals surface area contributed by atoms with Crippen molar-refractivity contribution < 1.29 is 0 Å². The summed E-state index contributed by atoms with van der Waals surface area (Å²) in [6.07, 6.45) is 0. The second-order valence-electron chi connectivity index (χ2n) is 4.80. The van der Waals surface area contributed by atoms with Crippen LogP contribution in [0, 0.1) is 6.92 Å². The largest absolute Gasteiger partial charge is 0.383 e. The molecule has 0 atom stereocenters. The Morgan fingerprint density at radius 2 is 1.85 bits per heavy atom. The molecule has 1 N–H and O–H groups in total. The predicted molar refractivity (Wildman–Crippen MR) is 89.0 cm³/mol. The Morgan fingerprint density at radius 1 is 1.10 bits per heavy atom. The van der Waals surface area contributed by atoms with E-state index in [4.69, 9.17) is 11.6 Å². The summed E-state index contributed by atoms with van der Waals surface area (Å²) in [4.78, 5) is 2.35. The van der Waals surface area contributed by atoms with E-state index in [1.165, 1.54) is 11.3 Å². The molecule has 0 saturated carbocycles. The third-order valence-corrected chi connectivity index (χ3v) is 3.63. The van der Waals surface area contributed by atoms with Gasteiger partial charge in [0.2, 0.25) is 0 Å². The number of likely N-dealkylation sites (N-methyl/N-ethyl adjacent to an activating group) is 1. The van der Waals surface area contributed by atoms with Gasteiger partial charge < -0.3 is 10.2 Å². The van der Waals surface area contributed by atoms with Crippen LogP contribution in [0.4, 0.5) is 11.4 Å². The highest BCUT2D eigenvalue weighted by molar-refractivity contribution is 6.30. The fraction of sp³-hybridized carbons (Fsp3) is 0.294. The average molecular weight is 289 g/mol. The van der Waals surface area contributed by atoms with Crippen molar-refractivity contribution in [3.63, 3.8) is 0 Å². The van der Waals surface area contributed by atoms with Crippen molar-refractivity contribution in [2.24, 2.45) is 0 Å². The van der Waals surface area contributed by atoms with Gasteiger partial charge in [-0.15, -0.1) is 0 Å². The van der Waals surface area contributed by atoms with E-state index in [9.17, 15) is 0 Å². The summed E-state index contributed by atoms with van der Waals surface area (Å²) in [5.74, 6) is 0. The monoisotopic (exact) mass is 288 g/mol. The van der Waals surface area contributed by atoms with Crippen LogP contribution in [0.5, 0.6) is 0 Å². The Hall–Kier alpha value is -1.67. The van der Waals surface area contributed by atoms with Gasteiger partial charge in [-0.1, -0.05) is 35.9 Å². The van der Waals surface area contributed by atoms with Crippen LogP contribution in [-0.4, -0.2) is 19.6 Å². The second kappa shape index (κ2) is 7.20. The Labute approximate surface area is 126 Å². The maximum Gasteiger partial charge on any atom is 0.0426 e. The van der Waals surface area contributed by atoms with Crippen LogP contribution in [0.15, 0.2) is 48.5 Å². The molecule has 0 unspecified atom stereocenters. The molecule has 0 aliphatic heterocycles. The van der Waals surface area contributed by atoms with E-state index < -0.39 is 0 Å². The zero-order chi connectivity index (χ0) is 14.4. The van der Waals surface area contributed by atoms with Gasteiger partial charge in [0.1, 0.15) is 0 Å². The SMILES string of the molecule is CCN(CCNc1cc(Cl)ccc1C)c1ccccc1. The minimum Gasteiger partial charge on any atom is -0.383 e. The normalized spacial score (nSPS) is 10.3. The van der Waals surface area contributed by atoms with Gasteiger partial charge in [0.25, 0.3) is 0 Å². The molecule has 2 aromatic carbocycles. The number of rotatable bonds is 6. The Balaban J connectivity index is 1.93. The van der Waals surface area contributed by atoms with Crippen molar-refractivity contribution in [2.45, 2.75) is 13.8 Å². The fourth-order valence-corrected chi connectivity index (χ4v) is 2.39. The first-order chi connectivity index (χ1) is 9.70. The van der Waals surface area contributed by atoms with Crippen LogP contribution in [0.2, 0.25) is 5.02 Å². The number of nitrogens with zero attached hydrogens (tertiary/aromatic N) is 1. The van der Waals surface area contributed by atoms with Crippen LogP contribution in [-0.2, 0) is 0 Å². The van der Waals surface area contributed by atoms with Crippen LogP contribution in [0.3, 0.4) is 0 Å². The van der Waals surface area contributed by atoms with Gasteiger partial charge in [-0.25, -0.2) is 0 Å². The molecule has 20 heavy (non-hydrogen) atoms. The molecular weight excluding hydrogens is 268 g/mol. The van der Waals surface area contributed by atoms with Crippen LogP contribution in [0.1, 0.15) is 12.5 Å². The van der Waals surface area contributed by atoms with Crippen molar-refractivity contribution in [2.75, 3.05) is 29.9 Å². The van der Waals surface area contributed by atoms with Crippen molar-refractivity contribution in [3.05, 3.63) is 59.1 Å². The molecule has 0 fully saturated rings. The summed E-state index contributed by atoms with van der Waals surface area (Å²) >= 11 is 6.03. The van der Waals surface area contributed by atoms with Crippen molar-refractivity contribution >= 4 is 23.0 Å². The highest BCUT2D eigenvalue weighted by atomic mass is 35.5. The second-order valence-corrected chi connectivity index (χ2v) is 5.24. The molecule has 0 radical (unpaired) electrons.